The summed E-state index contributed by atoms with van der Waals surface area (Å²) in [5.74, 6) is 0.567. The highest BCUT2D eigenvalue weighted by Crippen LogP contribution is 2.21. The second kappa shape index (κ2) is 5.16. The largest absolute Gasteiger partial charge is 0.390 e. The molecule has 0 aromatic carbocycles. The van der Waals surface area contributed by atoms with Gasteiger partial charge in [-0.2, -0.15) is 0 Å². The molecule has 2 heterocycles. The first kappa shape index (κ1) is 12.5. The fraction of sp³-hybridized carbons (Fsp3) is 0.500. The summed E-state index contributed by atoms with van der Waals surface area (Å²) in [6.07, 6.45) is 0. The molecule has 2 aromatic rings. The van der Waals surface area contributed by atoms with Crippen LogP contribution in [0.25, 0.3) is 0 Å². The Balaban J connectivity index is 2.02. The highest BCUT2D eigenvalue weighted by Gasteiger charge is 2.16. The predicted molar refractivity (Wildman–Crippen MR) is 68.3 cm³/mol. The van der Waals surface area contributed by atoms with Gasteiger partial charge in [0.15, 0.2) is 0 Å². The second-order valence-electron chi connectivity index (χ2n) is 4.30. The van der Waals surface area contributed by atoms with E-state index in [1.807, 2.05) is 11.4 Å². The van der Waals surface area contributed by atoms with Gasteiger partial charge in [0.1, 0.15) is 0 Å². The molecule has 0 aliphatic carbocycles. The van der Waals surface area contributed by atoms with Crippen LogP contribution in [0.15, 0.2) is 22.7 Å². The highest BCUT2D eigenvalue weighted by atomic mass is 32.2. The van der Waals surface area contributed by atoms with E-state index in [4.69, 9.17) is 0 Å². The molecular formula is C10H14N4OS2. The molecule has 1 N–H and O–H groups in total. The van der Waals surface area contributed by atoms with Crippen molar-refractivity contribution < 1.29 is 5.11 Å². The molecule has 0 unspecified atom stereocenters. The highest BCUT2D eigenvalue weighted by molar-refractivity contribution is 7.99. The molecule has 5 nitrogen and oxygen atoms in total. The molecule has 17 heavy (non-hydrogen) atoms. The minimum atomic E-state index is -0.718. The zero-order chi connectivity index (χ0) is 12.3. The Morgan fingerprint density at radius 2 is 2.35 bits per heavy atom. The normalized spacial score (nSPS) is 11.9. The van der Waals surface area contributed by atoms with Gasteiger partial charge < -0.3 is 5.11 Å². The van der Waals surface area contributed by atoms with Crippen molar-refractivity contribution >= 4 is 23.1 Å². The Morgan fingerprint density at radius 3 is 3.00 bits per heavy atom. The number of tetrazole rings is 1. The molecule has 0 spiro atoms. The summed E-state index contributed by atoms with van der Waals surface area (Å²) in [6, 6.07) is 4.06. The van der Waals surface area contributed by atoms with E-state index < -0.39 is 5.60 Å². The third kappa shape index (κ3) is 3.79. The van der Waals surface area contributed by atoms with E-state index in [-0.39, 0.29) is 0 Å². The Morgan fingerprint density at radius 1 is 1.53 bits per heavy atom. The monoisotopic (exact) mass is 270 g/mol. The quantitative estimate of drug-likeness (QED) is 0.837. The number of nitrogens with zero attached hydrogens (tertiary/aromatic N) is 4. The fourth-order valence-electron chi connectivity index (χ4n) is 1.19. The minimum absolute atomic E-state index is 0.567. The first-order chi connectivity index (χ1) is 8.04. The third-order valence-corrected chi connectivity index (χ3v) is 4.20. The van der Waals surface area contributed by atoms with Crippen molar-refractivity contribution in [3.63, 3.8) is 0 Å². The molecule has 0 aliphatic rings. The van der Waals surface area contributed by atoms with Crippen molar-refractivity contribution in [2.45, 2.75) is 31.1 Å². The van der Waals surface area contributed by atoms with Crippen molar-refractivity contribution in [2.24, 2.45) is 0 Å². The minimum Gasteiger partial charge on any atom is -0.390 e. The zero-order valence-corrected chi connectivity index (χ0v) is 11.3. The SMILES string of the molecule is CC(C)(O)CSc1nnnn1Cc1cccs1. The number of aliphatic hydroxyl groups is 1. The molecule has 0 saturated carbocycles. The molecular weight excluding hydrogens is 256 g/mol. The molecule has 0 atom stereocenters. The van der Waals surface area contributed by atoms with Crippen LogP contribution < -0.4 is 0 Å². The predicted octanol–water partition coefficient (Wildman–Crippen LogP) is 1.65. The first-order valence-corrected chi connectivity index (χ1v) is 7.05. The maximum Gasteiger partial charge on any atom is 0.209 e. The lowest BCUT2D eigenvalue weighted by Crippen LogP contribution is -2.22. The van der Waals surface area contributed by atoms with E-state index in [0.29, 0.717) is 12.3 Å². The molecule has 0 amide bonds. The van der Waals surface area contributed by atoms with Crippen molar-refractivity contribution in [1.82, 2.24) is 20.2 Å². The van der Waals surface area contributed by atoms with E-state index in [1.54, 1.807) is 29.9 Å². The van der Waals surface area contributed by atoms with Gasteiger partial charge in [-0.15, -0.1) is 16.4 Å². The number of rotatable bonds is 5. The van der Waals surface area contributed by atoms with E-state index in [2.05, 4.69) is 21.6 Å². The smallest absolute Gasteiger partial charge is 0.209 e. The average Bonchev–Trinajstić information content (AvgIpc) is 2.86. The molecule has 0 radical (unpaired) electrons. The molecule has 92 valence electrons. The van der Waals surface area contributed by atoms with Gasteiger partial charge >= 0.3 is 0 Å². The molecule has 0 saturated heterocycles. The Kier molecular flexibility index (Phi) is 3.80. The molecule has 2 aromatic heterocycles. The van der Waals surface area contributed by atoms with Gasteiger partial charge in [-0.3, -0.25) is 0 Å². The lowest BCUT2D eigenvalue weighted by atomic mass is 10.2. The van der Waals surface area contributed by atoms with Crippen molar-refractivity contribution in [3.05, 3.63) is 22.4 Å². The van der Waals surface area contributed by atoms with Gasteiger partial charge in [0.05, 0.1) is 12.1 Å². The summed E-state index contributed by atoms with van der Waals surface area (Å²) in [7, 11) is 0. The van der Waals surface area contributed by atoms with E-state index in [1.165, 1.54) is 16.6 Å². The summed E-state index contributed by atoms with van der Waals surface area (Å²) >= 11 is 3.14. The van der Waals surface area contributed by atoms with Crippen molar-refractivity contribution in [2.75, 3.05) is 5.75 Å². The van der Waals surface area contributed by atoms with Crippen LogP contribution >= 0.6 is 23.1 Å². The maximum absolute atomic E-state index is 9.67. The van der Waals surface area contributed by atoms with Crippen molar-refractivity contribution in [3.8, 4) is 0 Å². The van der Waals surface area contributed by atoms with Crippen molar-refractivity contribution in [1.29, 1.82) is 0 Å². The Hall–Kier alpha value is -0.920. The van der Waals surface area contributed by atoms with Crippen LogP contribution in [0.4, 0.5) is 0 Å². The number of hydrogen-bond acceptors (Lipinski definition) is 6. The van der Waals surface area contributed by atoms with Gasteiger partial charge in [0.25, 0.3) is 0 Å². The van der Waals surface area contributed by atoms with Gasteiger partial charge in [-0.05, 0) is 35.7 Å². The first-order valence-electron chi connectivity index (χ1n) is 5.18. The fourth-order valence-corrected chi connectivity index (χ4v) is 2.70. The van der Waals surface area contributed by atoms with Crippen LogP contribution in [0.3, 0.4) is 0 Å². The number of thiophene rings is 1. The Labute approximate surface area is 108 Å². The van der Waals surface area contributed by atoms with Crippen LogP contribution in [0.5, 0.6) is 0 Å². The molecule has 0 bridgehead atoms. The summed E-state index contributed by atoms with van der Waals surface area (Å²) in [4.78, 5) is 1.21. The zero-order valence-electron chi connectivity index (χ0n) is 9.70. The number of hydrogen-bond donors (Lipinski definition) is 1. The van der Waals surface area contributed by atoms with Gasteiger partial charge in [0.2, 0.25) is 5.16 Å². The Bertz CT molecular complexity index is 461. The molecule has 0 aliphatic heterocycles. The topological polar surface area (TPSA) is 63.8 Å². The number of aromatic nitrogens is 4. The lowest BCUT2D eigenvalue weighted by Gasteiger charge is -2.15. The maximum atomic E-state index is 9.67. The van der Waals surface area contributed by atoms with Crippen LogP contribution in [0.1, 0.15) is 18.7 Å². The van der Waals surface area contributed by atoms with Crippen LogP contribution in [-0.4, -0.2) is 36.7 Å². The summed E-state index contributed by atoms with van der Waals surface area (Å²) in [5.41, 5.74) is -0.718. The summed E-state index contributed by atoms with van der Waals surface area (Å²) in [5, 5.41) is 24.0. The lowest BCUT2D eigenvalue weighted by molar-refractivity contribution is 0.107. The van der Waals surface area contributed by atoms with Gasteiger partial charge in [-0.1, -0.05) is 17.8 Å². The summed E-state index contributed by atoms with van der Waals surface area (Å²) in [6.45, 7) is 4.22. The standard InChI is InChI=1S/C10H14N4OS2/c1-10(2,15)7-17-9-11-12-13-14(9)6-8-4-3-5-16-8/h3-5,15H,6-7H2,1-2H3. The van der Waals surface area contributed by atoms with Crippen LogP contribution in [-0.2, 0) is 6.54 Å². The van der Waals surface area contributed by atoms with Gasteiger partial charge in [0, 0.05) is 10.6 Å². The number of thioether (sulfide) groups is 1. The molecule has 0 fully saturated rings. The molecule has 7 heteroatoms. The summed E-state index contributed by atoms with van der Waals surface area (Å²) < 4.78 is 1.75. The molecule has 2 rings (SSSR count). The average molecular weight is 270 g/mol. The second-order valence-corrected chi connectivity index (χ2v) is 6.27. The third-order valence-electron chi connectivity index (χ3n) is 1.94. The van der Waals surface area contributed by atoms with Gasteiger partial charge in [-0.25, -0.2) is 4.68 Å². The van der Waals surface area contributed by atoms with Crippen LogP contribution in [0.2, 0.25) is 0 Å². The van der Waals surface area contributed by atoms with E-state index >= 15 is 0 Å². The van der Waals surface area contributed by atoms with Crippen LogP contribution in [0, 0.1) is 0 Å². The van der Waals surface area contributed by atoms with E-state index in [0.717, 1.165) is 5.16 Å². The van der Waals surface area contributed by atoms with E-state index in [9.17, 15) is 5.11 Å².